The number of amides is 1. The monoisotopic (exact) mass is 282 g/mol. The van der Waals surface area contributed by atoms with E-state index in [0.29, 0.717) is 19.4 Å². The van der Waals surface area contributed by atoms with Gasteiger partial charge >= 0.3 is 5.69 Å². The van der Waals surface area contributed by atoms with Crippen molar-refractivity contribution in [1.29, 1.82) is 0 Å². The maximum absolute atomic E-state index is 13.2. The van der Waals surface area contributed by atoms with Crippen LogP contribution in [-0.2, 0) is 4.74 Å². The molecule has 1 aromatic rings. The molecule has 1 saturated heterocycles. The third kappa shape index (κ3) is 3.30. The molecular weight excluding hydrogens is 267 g/mol. The first-order chi connectivity index (χ1) is 9.47. The highest BCUT2D eigenvalue weighted by Gasteiger charge is 2.23. The third-order valence-electron chi connectivity index (χ3n) is 3.23. The Morgan fingerprint density at radius 1 is 1.55 bits per heavy atom. The van der Waals surface area contributed by atoms with Crippen LogP contribution in [0.2, 0.25) is 0 Å². The Hall–Kier alpha value is -2.02. The van der Waals surface area contributed by atoms with Gasteiger partial charge in [0.1, 0.15) is 0 Å². The van der Waals surface area contributed by atoms with Gasteiger partial charge in [-0.05, 0) is 31.9 Å². The molecule has 1 heterocycles. The van der Waals surface area contributed by atoms with Crippen LogP contribution in [0.4, 0.5) is 10.1 Å². The summed E-state index contributed by atoms with van der Waals surface area (Å²) in [5, 5.41) is 13.4. The van der Waals surface area contributed by atoms with Gasteiger partial charge in [0.25, 0.3) is 5.91 Å². The van der Waals surface area contributed by atoms with Gasteiger partial charge in [0.2, 0.25) is 5.82 Å². The highest BCUT2D eigenvalue weighted by Crippen LogP contribution is 2.19. The average Bonchev–Trinajstić information content (AvgIpc) is 2.38. The number of hydrogen-bond acceptors (Lipinski definition) is 4. The van der Waals surface area contributed by atoms with Gasteiger partial charge in [0.05, 0.1) is 11.0 Å². The van der Waals surface area contributed by atoms with Crippen LogP contribution in [0, 0.1) is 15.9 Å². The molecule has 20 heavy (non-hydrogen) atoms. The molecule has 7 heteroatoms. The van der Waals surface area contributed by atoms with E-state index in [4.69, 9.17) is 4.74 Å². The van der Waals surface area contributed by atoms with Gasteiger partial charge in [0.15, 0.2) is 0 Å². The fourth-order valence-electron chi connectivity index (χ4n) is 2.19. The van der Waals surface area contributed by atoms with Crippen molar-refractivity contribution >= 4 is 11.6 Å². The number of ether oxygens (including phenoxy) is 1. The molecule has 1 fully saturated rings. The predicted molar refractivity (Wildman–Crippen MR) is 69.0 cm³/mol. The molecule has 0 spiro atoms. The Labute approximate surface area is 115 Å². The number of hydrogen-bond donors (Lipinski definition) is 1. The molecule has 0 aliphatic carbocycles. The minimum atomic E-state index is -0.953. The number of nitrogens with one attached hydrogen (secondary N) is 1. The quantitative estimate of drug-likeness (QED) is 0.679. The second-order valence-electron chi connectivity index (χ2n) is 4.80. The van der Waals surface area contributed by atoms with Crippen LogP contribution in [0.3, 0.4) is 0 Å². The number of carbonyl (C=O) groups excluding carboxylic acids is 1. The predicted octanol–water partition coefficient (Wildman–Crippen LogP) is 2.03. The molecule has 0 bridgehead atoms. The van der Waals surface area contributed by atoms with Crippen molar-refractivity contribution in [1.82, 2.24) is 5.32 Å². The number of nitro benzene ring substituents is 1. The van der Waals surface area contributed by atoms with Crippen LogP contribution in [0.25, 0.3) is 0 Å². The van der Waals surface area contributed by atoms with E-state index in [2.05, 4.69) is 5.32 Å². The zero-order chi connectivity index (χ0) is 14.7. The molecule has 1 amide bonds. The van der Waals surface area contributed by atoms with E-state index in [1.807, 2.05) is 6.92 Å². The molecule has 108 valence electrons. The van der Waals surface area contributed by atoms with Crippen LogP contribution in [-0.4, -0.2) is 29.6 Å². The fraction of sp³-hybridized carbons (Fsp3) is 0.462. The SMILES string of the molecule is CC1CC(NC(=O)c2ccc(F)c([N+](=O)[O-])c2)CCO1. The van der Waals surface area contributed by atoms with Crippen molar-refractivity contribution in [2.45, 2.75) is 31.9 Å². The standard InChI is InChI=1S/C13H15FN2O4/c1-8-6-10(4-5-20-8)15-13(17)9-2-3-11(14)12(7-9)16(18)19/h2-3,7-8,10H,4-6H2,1H3,(H,15,17). The topological polar surface area (TPSA) is 81.5 Å². The zero-order valence-electron chi connectivity index (χ0n) is 11.0. The molecular formula is C13H15FN2O4. The second-order valence-corrected chi connectivity index (χ2v) is 4.80. The maximum Gasteiger partial charge on any atom is 0.305 e. The molecule has 1 aromatic carbocycles. The van der Waals surface area contributed by atoms with Gasteiger partial charge in [0, 0.05) is 24.3 Å². The lowest BCUT2D eigenvalue weighted by molar-refractivity contribution is -0.387. The number of rotatable bonds is 3. The van der Waals surface area contributed by atoms with Crippen LogP contribution in [0.5, 0.6) is 0 Å². The minimum Gasteiger partial charge on any atom is -0.378 e. The average molecular weight is 282 g/mol. The summed E-state index contributed by atoms with van der Waals surface area (Å²) in [4.78, 5) is 21.8. The largest absolute Gasteiger partial charge is 0.378 e. The zero-order valence-corrected chi connectivity index (χ0v) is 11.0. The van der Waals surface area contributed by atoms with E-state index in [0.717, 1.165) is 12.1 Å². The normalized spacial score (nSPS) is 22.3. The Balaban J connectivity index is 2.09. The summed E-state index contributed by atoms with van der Waals surface area (Å²) in [5.74, 6) is -1.39. The Morgan fingerprint density at radius 3 is 2.95 bits per heavy atom. The lowest BCUT2D eigenvalue weighted by Crippen LogP contribution is -2.41. The van der Waals surface area contributed by atoms with Gasteiger partial charge in [-0.15, -0.1) is 0 Å². The molecule has 6 nitrogen and oxygen atoms in total. The smallest absolute Gasteiger partial charge is 0.305 e. The summed E-state index contributed by atoms with van der Waals surface area (Å²) in [5.41, 5.74) is -0.616. The Morgan fingerprint density at radius 2 is 2.30 bits per heavy atom. The van der Waals surface area contributed by atoms with Gasteiger partial charge in [-0.2, -0.15) is 4.39 Å². The fourth-order valence-corrected chi connectivity index (χ4v) is 2.19. The van der Waals surface area contributed by atoms with E-state index >= 15 is 0 Å². The van der Waals surface area contributed by atoms with E-state index in [9.17, 15) is 19.3 Å². The first kappa shape index (κ1) is 14.4. The van der Waals surface area contributed by atoms with Gasteiger partial charge in [-0.3, -0.25) is 14.9 Å². The lowest BCUT2D eigenvalue weighted by atomic mass is 10.0. The van der Waals surface area contributed by atoms with Crippen molar-refractivity contribution in [3.05, 3.63) is 39.7 Å². The number of nitro groups is 1. The number of nitrogens with zero attached hydrogens (tertiary/aromatic N) is 1. The third-order valence-corrected chi connectivity index (χ3v) is 3.23. The Kier molecular flexibility index (Phi) is 4.29. The molecule has 0 radical (unpaired) electrons. The molecule has 1 aliphatic heterocycles. The summed E-state index contributed by atoms with van der Waals surface area (Å²) < 4.78 is 18.6. The molecule has 2 rings (SSSR count). The maximum atomic E-state index is 13.2. The summed E-state index contributed by atoms with van der Waals surface area (Å²) in [6, 6.07) is 3.09. The van der Waals surface area contributed by atoms with Crippen molar-refractivity contribution < 1.29 is 18.8 Å². The van der Waals surface area contributed by atoms with E-state index in [-0.39, 0.29) is 17.7 Å². The highest BCUT2D eigenvalue weighted by molar-refractivity contribution is 5.95. The molecule has 1 N–H and O–H groups in total. The van der Waals surface area contributed by atoms with Crippen molar-refractivity contribution in [2.75, 3.05) is 6.61 Å². The van der Waals surface area contributed by atoms with Crippen molar-refractivity contribution in [3.8, 4) is 0 Å². The number of halogens is 1. The summed E-state index contributed by atoms with van der Waals surface area (Å²) in [6.07, 6.45) is 1.45. The first-order valence-corrected chi connectivity index (χ1v) is 6.34. The van der Waals surface area contributed by atoms with Crippen LogP contribution < -0.4 is 5.32 Å². The Bertz CT molecular complexity index is 535. The van der Waals surface area contributed by atoms with Crippen LogP contribution >= 0.6 is 0 Å². The van der Waals surface area contributed by atoms with E-state index in [1.165, 1.54) is 6.07 Å². The summed E-state index contributed by atoms with van der Waals surface area (Å²) >= 11 is 0. The van der Waals surface area contributed by atoms with Crippen LogP contribution in [0.15, 0.2) is 18.2 Å². The summed E-state index contributed by atoms with van der Waals surface area (Å²) in [7, 11) is 0. The summed E-state index contributed by atoms with van der Waals surface area (Å²) in [6.45, 7) is 2.48. The highest BCUT2D eigenvalue weighted by atomic mass is 19.1. The molecule has 2 unspecified atom stereocenters. The molecule has 0 saturated carbocycles. The van der Waals surface area contributed by atoms with Gasteiger partial charge < -0.3 is 10.1 Å². The first-order valence-electron chi connectivity index (χ1n) is 6.34. The van der Waals surface area contributed by atoms with Gasteiger partial charge in [-0.1, -0.05) is 0 Å². The second kappa shape index (κ2) is 5.96. The molecule has 1 aliphatic rings. The van der Waals surface area contributed by atoms with Gasteiger partial charge in [-0.25, -0.2) is 0 Å². The number of benzene rings is 1. The van der Waals surface area contributed by atoms with E-state index in [1.54, 1.807) is 0 Å². The lowest BCUT2D eigenvalue weighted by Gasteiger charge is -2.27. The molecule has 2 atom stereocenters. The number of carbonyl (C=O) groups is 1. The minimum absolute atomic E-state index is 0.0321. The van der Waals surface area contributed by atoms with Crippen molar-refractivity contribution in [2.24, 2.45) is 0 Å². The van der Waals surface area contributed by atoms with Crippen LogP contribution in [0.1, 0.15) is 30.1 Å². The van der Waals surface area contributed by atoms with E-state index < -0.39 is 22.3 Å². The van der Waals surface area contributed by atoms with Crippen molar-refractivity contribution in [3.63, 3.8) is 0 Å². The molecule has 0 aromatic heterocycles.